The van der Waals surface area contributed by atoms with Gasteiger partial charge in [0.1, 0.15) is 0 Å². The molecule has 1 unspecified atom stereocenters. The van der Waals surface area contributed by atoms with Crippen LogP contribution in [0, 0.1) is 6.92 Å². The molecule has 0 radical (unpaired) electrons. The van der Waals surface area contributed by atoms with Crippen molar-refractivity contribution in [2.24, 2.45) is 0 Å². The maximum atomic E-state index is 4.71. The van der Waals surface area contributed by atoms with Crippen LogP contribution in [0.2, 0.25) is 0 Å². The average Bonchev–Trinajstić information content (AvgIpc) is 3.04. The van der Waals surface area contributed by atoms with E-state index < -0.39 is 0 Å². The minimum absolute atomic E-state index is 0. The Morgan fingerprint density at radius 1 is 1.15 bits per heavy atom. The number of rotatable bonds is 4. The molecule has 26 heavy (non-hydrogen) atoms. The van der Waals surface area contributed by atoms with Gasteiger partial charge in [-0.3, -0.25) is 9.88 Å². The predicted molar refractivity (Wildman–Crippen MR) is 106 cm³/mol. The third-order valence-electron chi connectivity index (χ3n) is 4.82. The summed E-state index contributed by atoms with van der Waals surface area (Å²) in [5, 5.41) is 8.21. The van der Waals surface area contributed by atoms with Gasteiger partial charge in [0.2, 0.25) is 0 Å². The molecule has 2 aromatic heterocycles. The molecule has 5 nitrogen and oxygen atoms in total. The number of para-hydroxylation sites is 1. The largest absolute Gasteiger partial charge is 0.314 e. The van der Waals surface area contributed by atoms with Gasteiger partial charge in [-0.15, -0.1) is 12.4 Å². The first-order chi connectivity index (χ1) is 12.3. The Morgan fingerprint density at radius 3 is 2.77 bits per heavy atom. The molecule has 0 bridgehead atoms. The topological polar surface area (TPSA) is 46.0 Å². The number of hydrogen-bond acceptors (Lipinski definition) is 4. The fraction of sp³-hybridized carbons (Fsp3) is 0.300. The van der Waals surface area contributed by atoms with Gasteiger partial charge in [-0.25, -0.2) is 4.68 Å². The van der Waals surface area contributed by atoms with Crippen molar-refractivity contribution in [1.29, 1.82) is 0 Å². The molecular weight excluding hydrogens is 346 g/mol. The van der Waals surface area contributed by atoms with Crippen LogP contribution in [0.4, 0.5) is 0 Å². The standard InChI is InChI=1S/C20H23N5.ClH/c1-16-18(15-25(23-16)19-7-3-2-4-8-19)14-24-11-10-22-13-20(24)17-6-5-9-21-12-17;/h2-9,12,15,20,22H,10-11,13-14H2,1H3;1H. The van der Waals surface area contributed by atoms with E-state index in [2.05, 4.69) is 46.5 Å². The van der Waals surface area contributed by atoms with E-state index in [1.165, 1.54) is 11.1 Å². The van der Waals surface area contributed by atoms with Gasteiger partial charge in [0.15, 0.2) is 0 Å². The van der Waals surface area contributed by atoms with Gasteiger partial charge in [-0.05, 0) is 30.7 Å². The van der Waals surface area contributed by atoms with Gasteiger partial charge >= 0.3 is 0 Å². The van der Waals surface area contributed by atoms with Crippen LogP contribution in [-0.4, -0.2) is 39.3 Å². The van der Waals surface area contributed by atoms with E-state index in [9.17, 15) is 0 Å². The van der Waals surface area contributed by atoms with E-state index >= 15 is 0 Å². The van der Waals surface area contributed by atoms with Crippen LogP contribution < -0.4 is 5.32 Å². The van der Waals surface area contributed by atoms with Crippen LogP contribution in [-0.2, 0) is 6.54 Å². The number of nitrogens with zero attached hydrogens (tertiary/aromatic N) is 4. The predicted octanol–water partition coefficient (Wildman–Crippen LogP) is 3.14. The molecule has 4 rings (SSSR count). The third kappa shape index (κ3) is 3.96. The van der Waals surface area contributed by atoms with E-state index in [0.29, 0.717) is 6.04 Å². The molecular formula is C20H24ClN5. The Hall–Kier alpha value is -2.21. The summed E-state index contributed by atoms with van der Waals surface area (Å²) in [6.45, 7) is 5.99. The van der Waals surface area contributed by atoms with Crippen molar-refractivity contribution in [2.45, 2.75) is 19.5 Å². The molecule has 3 heterocycles. The molecule has 1 aliphatic heterocycles. The molecule has 1 atom stereocenters. The summed E-state index contributed by atoms with van der Waals surface area (Å²) in [6, 6.07) is 14.8. The molecule has 1 aromatic carbocycles. The first-order valence-electron chi connectivity index (χ1n) is 8.76. The van der Waals surface area contributed by atoms with Crippen molar-refractivity contribution in [3.05, 3.63) is 77.9 Å². The monoisotopic (exact) mass is 369 g/mol. The summed E-state index contributed by atoms with van der Waals surface area (Å²) < 4.78 is 1.98. The number of piperazine rings is 1. The summed E-state index contributed by atoms with van der Waals surface area (Å²) in [5.74, 6) is 0. The van der Waals surface area contributed by atoms with Gasteiger partial charge in [0, 0.05) is 56.4 Å². The lowest BCUT2D eigenvalue weighted by atomic mass is 10.0. The number of aromatic nitrogens is 3. The fourth-order valence-corrected chi connectivity index (χ4v) is 3.42. The maximum Gasteiger partial charge on any atom is 0.0645 e. The van der Waals surface area contributed by atoms with Gasteiger partial charge in [-0.1, -0.05) is 24.3 Å². The minimum Gasteiger partial charge on any atom is -0.314 e. The second-order valence-corrected chi connectivity index (χ2v) is 6.50. The Kier molecular flexibility index (Phi) is 6.04. The summed E-state index contributed by atoms with van der Waals surface area (Å²) in [7, 11) is 0. The van der Waals surface area contributed by atoms with Crippen LogP contribution >= 0.6 is 12.4 Å². The first-order valence-corrected chi connectivity index (χ1v) is 8.76. The van der Waals surface area contributed by atoms with E-state index in [1.807, 2.05) is 41.3 Å². The number of aryl methyl sites for hydroxylation is 1. The zero-order valence-electron chi connectivity index (χ0n) is 14.9. The lowest BCUT2D eigenvalue weighted by molar-refractivity contribution is 0.153. The summed E-state index contributed by atoms with van der Waals surface area (Å²) in [4.78, 5) is 6.81. The fourth-order valence-electron chi connectivity index (χ4n) is 3.42. The highest BCUT2D eigenvalue weighted by molar-refractivity contribution is 5.85. The van der Waals surface area contributed by atoms with Crippen molar-refractivity contribution in [2.75, 3.05) is 19.6 Å². The quantitative estimate of drug-likeness (QED) is 0.767. The number of nitrogens with one attached hydrogen (secondary N) is 1. The van der Waals surface area contributed by atoms with Crippen LogP contribution in [0.15, 0.2) is 61.1 Å². The summed E-state index contributed by atoms with van der Waals surface area (Å²) >= 11 is 0. The second kappa shape index (κ2) is 8.45. The van der Waals surface area contributed by atoms with Crippen LogP contribution in [0.25, 0.3) is 5.69 Å². The van der Waals surface area contributed by atoms with Gasteiger partial charge in [-0.2, -0.15) is 5.10 Å². The molecule has 0 aliphatic carbocycles. The highest BCUT2D eigenvalue weighted by Crippen LogP contribution is 2.24. The second-order valence-electron chi connectivity index (χ2n) is 6.50. The highest BCUT2D eigenvalue weighted by atomic mass is 35.5. The Labute approximate surface area is 160 Å². The van der Waals surface area contributed by atoms with E-state index in [-0.39, 0.29) is 12.4 Å². The number of hydrogen-bond donors (Lipinski definition) is 1. The maximum absolute atomic E-state index is 4.71. The lowest BCUT2D eigenvalue weighted by Crippen LogP contribution is -2.45. The molecule has 1 fully saturated rings. The third-order valence-corrected chi connectivity index (χ3v) is 4.82. The van der Waals surface area contributed by atoms with Gasteiger partial charge in [0.05, 0.1) is 11.4 Å². The molecule has 0 saturated carbocycles. The van der Waals surface area contributed by atoms with Crippen molar-refractivity contribution in [3.8, 4) is 5.69 Å². The van der Waals surface area contributed by atoms with Crippen LogP contribution in [0.3, 0.4) is 0 Å². The lowest BCUT2D eigenvalue weighted by Gasteiger charge is -2.36. The normalized spacial score (nSPS) is 17.7. The zero-order chi connectivity index (χ0) is 17.1. The Morgan fingerprint density at radius 2 is 2.00 bits per heavy atom. The summed E-state index contributed by atoms with van der Waals surface area (Å²) in [6.07, 6.45) is 5.97. The van der Waals surface area contributed by atoms with Gasteiger partial charge < -0.3 is 5.32 Å². The molecule has 3 aromatic rings. The van der Waals surface area contributed by atoms with Crippen molar-refractivity contribution in [3.63, 3.8) is 0 Å². The van der Waals surface area contributed by atoms with E-state index in [4.69, 9.17) is 5.10 Å². The minimum atomic E-state index is 0. The molecule has 0 amide bonds. The first kappa shape index (κ1) is 18.6. The van der Waals surface area contributed by atoms with E-state index in [1.54, 1.807) is 0 Å². The molecule has 136 valence electrons. The summed E-state index contributed by atoms with van der Waals surface area (Å²) in [5.41, 5.74) is 4.73. The van der Waals surface area contributed by atoms with Crippen molar-refractivity contribution >= 4 is 12.4 Å². The van der Waals surface area contributed by atoms with Crippen molar-refractivity contribution < 1.29 is 0 Å². The average molecular weight is 370 g/mol. The molecule has 6 heteroatoms. The number of pyridine rings is 1. The Bertz CT molecular complexity index is 819. The van der Waals surface area contributed by atoms with Crippen LogP contribution in [0.1, 0.15) is 22.9 Å². The number of halogens is 1. The highest BCUT2D eigenvalue weighted by Gasteiger charge is 2.25. The zero-order valence-corrected chi connectivity index (χ0v) is 15.7. The molecule has 1 aliphatic rings. The number of benzene rings is 1. The van der Waals surface area contributed by atoms with Gasteiger partial charge in [0.25, 0.3) is 0 Å². The SMILES string of the molecule is Cc1nn(-c2ccccc2)cc1CN1CCNCC1c1cccnc1.Cl. The van der Waals surface area contributed by atoms with E-state index in [0.717, 1.165) is 37.6 Å². The molecule has 1 saturated heterocycles. The van der Waals surface area contributed by atoms with Crippen molar-refractivity contribution in [1.82, 2.24) is 25.0 Å². The molecule has 0 spiro atoms. The Balaban J connectivity index is 0.00000196. The van der Waals surface area contributed by atoms with Crippen LogP contribution in [0.5, 0.6) is 0 Å². The molecule has 1 N–H and O–H groups in total. The smallest absolute Gasteiger partial charge is 0.0645 e.